The molecule has 1 aromatic carbocycles. The lowest BCUT2D eigenvalue weighted by Crippen LogP contribution is -2.25. The van der Waals surface area contributed by atoms with Gasteiger partial charge >= 0.3 is 0 Å². The lowest BCUT2D eigenvalue weighted by molar-refractivity contribution is 0.515. The number of likely N-dealkylation sites (N-methyl/N-ethyl adjacent to an activating group) is 1. The van der Waals surface area contributed by atoms with Gasteiger partial charge in [-0.3, -0.25) is 4.98 Å². The molecule has 0 saturated carbocycles. The minimum atomic E-state index is -0.153. The van der Waals surface area contributed by atoms with Crippen molar-refractivity contribution in [1.82, 2.24) is 10.3 Å². The van der Waals surface area contributed by atoms with Crippen LogP contribution in [-0.4, -0.2) is 11.5 Å². The summed E-state index contributed by atoms with van der Waals surface area (Å²) in [4.78, 5) is 4.54. The first kappa shape index (κ1) is 14.7. The summed E-state index contributed by atoms with van der Waals surface area (Å²) in [5.74, 6) is -0.153. The van der Waals surface area contributed by atoms with Crippen molar-refractivity contribution >= 4 is 0 Å². The van der Waals surface area contributed by atoms with Crippen molar-refractivity contribution in [1.29, 1.82) is 0 Å². The molecule has 0 fully saturated rings. The van der Waals surface area contributed by atoms with Gasteiger partial charge in [0, 0.05) is 6.20 Å². The van der Waals surface area contributed by atoms with E-state index in [9.17, 15) is 4.39 Å². The normalized spacial score (nSPS) is 12.4. The number of rotatable bonds is 5. The van der Waals surface area contributed by atoms with Crippen LogP contribution in [0.25, 0.3) is 0 Å². The Morgan fingerprint density at radius 2 is 2.00 bits per heavy atom. The molecule has 2 nitrogen and oxygen atoms in total. The van der Waals surface area contributed by atoms with Gasteiger partial charge in [0.2, 0.25) is 0 Å². The van der Waals surface area contributed by atoms with E-state index in [1.807, 2.05) is 25.3 Å². The topological polar surface area (TPSA) is 24.9 Å². The Hall–Kier alpha value is -1.74. The first-order valence-corrected chi connectivity index (χ1v) is 7.01. The van der Waals surface area contributed by atoms with E-state index in [1.54, 1.807) is 6.07 Å². The second kappa shape index (κ2) is 6.62. The lowest BCUT2D eigenvalue weighted by atomic mass is 9.99. The van der Waals surface area contributed by atoms with Crippen molar-refractivity contribution in [2.45, 2.75) is 33.2 Å². The maximum absolute atomic E-state index is 13.8. The molecule has 0 aliphatic heterocycles. The van der Waals surface area contributed by atoms with Crippen LogP contribution in [0.5, 0.6) is 0 Å². The summed E-state index contributed by atoms with van der Waals surface area (Å²) in [6.45, 7) is 6.97. The number of hydrogen-bond acceptors (Lipinski definition) is 2. The Labute approximate surface area is 120 Å². The fraction of sp³-hybridized carbons (Fsp3) is 0.353. The Bertz CT molecular complexity index is 581. The van der Waals surface area contributed by atoms with Crippen LogP contribution in [0.3, 0.4) is 0 Å². The van der Waals surface area contributed by atoms with Crippen molar-refractivity contribution in [2.75, 3.05) is 6.54 Å². The number of nitrogens with zero attached hydrogens (tertiary/aromatic N) is 1. The van der Waals surface area contributed by atoms with Gasteiger partial charge in [0.15, 0.2) is 0 Å². The van der Waals surface area contributed by atoms with Crippen LogP contribution >= 0.6 is 0 Å². The predicted molar refractivity (Wildman–Crippen MR) is 80.2 cm³/mol. The van der Waals surface area contributed by atoms with E-state index in [-0.39, 0.29) is 11.9 Å². The SMILES string of the molecule is CCNC(Cc1ccccc1F)c1ncc(C)cc1C. The van der Waals surface area contributed by atoms with Gasteiger partial charge in [-0.05, 0) is 49.6 Å². The molecule has 0 aliphatic rings. The fourth-order valence-electron chi connectivity index (χ4n) is 2.49. The molecule has 20 heavy (non-hydrogen) atoms. The minimum absolute atomic E-state index is 0.0394. The summed E-state index contributed by atoms with van der Waals surface area (Å²) in [6.07, 6.45) is 2.48. The Kier molecular flexibility index (Phi) is 4.85. The summed E-state index contributed by atoms with van der Waals surface area (Å²) in [7, 11) is 0. The highest BCUT2D eigenvalue weighted by Gasteiger charge is 2.16. The number of aryl methyl sites for hydroxylation is 2. The number of nitrogens with one attached hydrogen (secondary N) is 1. The van der Waals surface area contributed by atoms with Gasteiger partial charge in [-0.1, -0.05) is 31.2 Å². The molecule has 0 bridgehead atoms. The van der Waals surface area contributed by atoms with Gasteiger partial charge in [-0.2, -0.15) is 0 Å². The third-order valence-electron chi connectivity index (χ3n) is 3.42. The Morgan fingerprint density at radius 1 is 1.25 bits per heavy atom. The molecule has 1 N–H and O–H groups in total. The van der Waals surface area contributed by atoms with Gasteiger partial charge in [0.1, 0.15) is 5.82 Å². The summed E-state index contributed by atoms with van der Waals surface area (Å²) >= 11 is 0. The Balaban J connectivity index is 2.29. The zero-order valence-corrected chi connectivity index (χ0v) is 12.3. The van der Waals surface area contributed by atoms with Crippen LogP contribution < -0.4 is 5.32 Å². The van der Waals surface area contributed by atoms with Gasteiger partial charge in [-0.25, -0.2) is 4.39 Å². The van der Waals surface area contributed by atoms with Crippen LogP contribution in [0.4, 0.5) is 4.39 Å². The van der Waals surface area contributed by atoms with Crippen LogP contribution in [-0.2, 0) is 6.42 Å². The fourth-order valence-corrected chi connectivity index (χ4v) is 2.49. The van der Waals surface area contributed by atoms with E-state index >= 15 is 0 Å². The van der Waals surface area contributed by atoms with Crippen molar-refractivity contribution in [3.63, 3.8) is 0 Å². The smallest absolute Gasteiger partial charge is 0.126 e. The molecule has 1 aromatic heterocycles. The standard InChI is InChI=1S/C17H21FN2/c1-4-19-16(10-14-7-5-6-8-15(14)18)17-13(3)9-12(2)11-20-17/h5-9,11,16,19H,4,10H2,1-3H3. The van der Waals surface area contributed by atoms with Gasteiger partial charge in [0.25, 0.3) is 0 Å². The van der Waals surface area contributed by atoms with Crippen molar-refractivity contribution in [2.24, 2.45) is 0 Å². The van der Waals surface area contributed by atoms with Crippen molar-refractivity contribution < 1.29 is 4.39 Å². The molecule has 0 spiro atoms. The average Bonchev–Trinajstić information content (AvgIpc) is 2.41. The van der Waals surface area contributed by atoms with E-state index in [4.69, 9.17) is 0 Å². The molecule has 2 aromatic rings. The molecule has 0 amide bonds. The number of pyridine rings is 1. The second-order valence-corrected chi connectivity index (χ2v) is 5.12. The number of hydrogen-bond donors (Lipinski definition) is 1. The third-order valence-corrected chi connectivity index (χ3v) is 3.42. The highest BCUT2D eigenvalue weighted by Crippen LogP contribution is 2.21. The number of benzene rings is 1. The van der Waals surface area contributed by atoms with Crippen molar-refractivity contribution in [3.05, 3.63) is 64.7 Å². The van der Waals surface area contributed by atoms with Gasteiger partial charge in [-0.15, -0.1) is 0 Å². The predicted octanol–water partition coefficient (Wildman–Crippen LogP) is 3.73. The number of aromatic nitrogens is 1. The maximum Gasteiger partial charge on any atom is 0.126 e. The van der Waals surface area contributed by atoms with Crippen LogP contribution in [0.1, 0.15) is 35.3 Å². The zero-order chi connectivity index (χ0) is 14.5. The molecule has 1 heterocycles. The molecule has 1 unspecified atom stereocenters. The molecular weight excluding hydrogens is 251 g/mol. The molecular formula is C17H21FN2. The monoisotopic (exact) mass is 272 g/mol. The van der Waals surface area contributed by atoms with E-state index in [0.29, 0.717) is 6.42 Å². The van der Waals surface area contributed by atoms with E-state index in [2.05, 4.69) is 30.2 Å². The molecule has 0 saturated heterocycles. The molecule has 3 heteroatoms. The van der Waals surface area contributed by atoms with E-state index in [0.717, 1.165) is 28.9 Å². The minimum Gasteiger partial charge on any atom is -0.309 e. The molecule has 2 rings (SSSR count). The molecule has 1 atom stereocenters. The summed E-state index contributed by atoms with van der Waals surface area (Å²) < 4.78 is 13.8. The van der Waals surface area contributed by atoms with Crippen LogP contribution in [0, 0.1) is 19.7 Å². The average molecular weight is 272 g/mol. The van der Waals surface area contributed by atoms with E-state index < -0.39 is 0 Å². The first-order valence-electron chi connectivity index (χ1n) is 7.01. The number of halogens is 1. The summed E-state index contributed by atoms with van der Waals surface area (Å²) in [5.41, 5.74) is 4.01. The quantitative estimate of drug-likeness (QED) is 0.897. The maximum atomic E-state index is 13.8. The highest BCUT2D eigenvalue weighted by molar-refractivity contribution is 5.28. The van der Waals surface area contributed by atoms with Crippen LogP contribution in [0.2, 0.25) is 0 Å². The Morgan fingerprint density at radius 3 is 2.65 bits per heavy atom. The molecule has 0 aliphatic carbocycles. The lowest BCUT2D eigenvalue weighted by Gasteiger charge is -2.20. The third kappa shape index (κ3) is 3.42. The molecule has 106 valence electrons. The van der Waals surface area contributed by atoms with Gasteiger partial charge < -0.3 is 5.32 Å². The molecule has 0 radical (unpaired) electrons. The highest BCUT2D eigenvalue weighted by atomic mass is 19.1. The van der Waals surface area contributed by atoms with E-state index in [1.165, 1.54) is 6.07 Å². The second-order valence-electron chi connectivity index (χ2n) is 5.12. The van der Waals surface area contributed by atoms with Crippen molar-refractivity contribution in [3.8, 4) is 0 Å². The van der Waals surface area contributed by atoms with Gasteiger partial charge in [0.05, 0.1) is 11.7 Å². The summed E-state index contributed by atoms with van der Waals surface area (Å²) in [6, 6.07) is 9.09. The zero-order valence-electron chi connectivity index (χ0n) is 12.3. The van der Waals surface area contributed by atoms with Crippen LogP contribution in [0.15, 0.2) is 36.5 Å². The summed E-state index contributed by atoms with van der Waals surface area (Å²) in [5, 5.41) is 3.41. The first-order chi connectivity index (χ1) is 9.61. The largest absolute Gasteiger partial charge is 0.309 e.